The number of benzene rings is 2. The van der Waals surface area contributed by atoms with Gasteiger partial charge in [-0.1, -0.05) is 18.2 Å². The van der Waals surface area contributed by atoms with E-state index in [1.165, 1.54) is 24.3 Å². The molecule has 1 aliphatic rings. The lowest BCUT2D eigenvalue weighted by Gasteiger charge is -2.30. The Labute approximate surface area is 219 Å². The van der Waals surface area contributed by atoms with Crippen molar-refractivity contribution < 1.29 is 45.1 Å². The van der Waals surface area contributed by atoms with Gasteiger partial charge in [0.25, 0.3) is 0 Å². The van der Waals surface area contributed by atoms with E-state index in [0.717, 1.165) is 0 Å². The normalized spacial score (nSPS) is 17.7. The van der Waals surface area contributed by atoms with Gasteiger partial charge in [0.05, 0.1) is 6.54 Å². The molecule has 0 saturated carbocycles. The van der Waals surface area contributed by atoms with Crippen molar-refractivity contribution in [1.82, 2.24) is 5.32 Å². The highest BCUT2D eigenvalue weighted by atomic mass is 19.4. The number of anilines is 2. The average Bonchev–Trinajstić information content (AvgIpc) is 2.96. The van der Waals surface area contributed by atoms with Gasteiger partial charge in [0.1, 0.15) is 11.9 Å². The summed E-state index contributed by atoms with van der Waals surface area (Å²) < 4.78 is 91.1. The molecule has 6 nitrogen and oxygen atoms in total. The fourth-order valence-electron chi connectivity index (χ4n) is 4.58. The van der Waals surface area contributed by atoms with Crippen LogP contribution in [0, 0.1) is 17.7 Å². The first-order chi connectivity index (χ1) is 18.1. The van der Waals surface area contributed by atoms with Crippen LogP contribution in [0.2, 0.25) is 0 Å². The standard InChI is InChI=1S/C26H26F7N3O3/c27-16-5-7-17(8-6-16)36-14-20(22(37)13-15-3-1-2-4-21(15)36)35-24(39)19(10-12-26(31,32)33)18(23(34)38)9-11-25(28,29)30/h1-8,18-20H,9-14H2,(H2,34,38)(H,35,39)/t18-,19+,20-/m0/s1. The second-order valence-electron chi connectivity index (χ2n) is 9.34. The highest BCUT2D eigenvalue weighted by molar-refractivity contribution is 5.95. The van der Waals surface area contributed by atoms with Crippen molar-refractivity contribution in [3.05, 3.63) is 59.9 Å². The minimum absolute atomic E-state index is 0.167. The number of ketones is 1. The lowest BCUT2D eigenvalue weighted by atomic mass is 9.83. The van der Waals surface area contributed by atoms with Crippen LogP contribution < -0.4 is 16.0 Å². The van der Waals surface area contributed by atoms with Crippen LogP contribution in [0.5, 0.6) is 0 Å². The van der Waals surface area contributed by atoms with Crippen molar-refractivity contribution in [2.75, 3.05) is 11.4 Å². The molecule has 3 N–H and O–H groups in total. The zero-order valence-electron chi connectivity index (χ0n) is 20.5. The Morgan fingerprint density at radius 1 is 0.923 bits per heavy atom. The second-order valence-corrected chi connectivity index (χ2v) is 9.34. The highest BCUT2D eigenvalue weighted by Crippen LogP contribution is 2.34. The number of halogens is 7. The largest absolute Gasteiger partial charge is 0.389 e. The molecule has 1 heterocycles. The van der Waals surface area contributed by atoms with Crippen LogP contribution in [0.4, 0.5) is 42.1 Å². The zero-order valence-corrected chi connectivity index (χ0v) is 20.5. The zero-order chi connectivity index (χ0) is 29.0. The summed E-state index contributed by atoms with van der Waals surface area (Å²) in [6.07, 6.45) is -14.7. The summed E-state index contributed by atoms with van der Waals surface area (Å²) in [4.78, 5) is 40.0. The monoisotopic (exact) mass is 561 g/mol. The summed E-state index contributed by atoms with van der Waals surface area (Å²) in [5.41, 5.74) is 6.81. The lowest BCUT2D eigenvalue weighted by Crippen LogP contribution is -2.51. The number of carbonyl (C=O) groups is 3. The molecule has 3 rings (SSSR count). The number of hydrogen-bond donors (Lipinski definition) is 2. The van der Waals surface area contributed by atoms with Crippen LogP contribution in [0.15, 0.2) is 48.5 Å². The van der Waals surface area contributed by atoms with E-state index >= 15 is 0 Å². The Bertz CT molecular complexity index is 1180. The molecular formula is C26H26F7N3O3. The number of hydrogen-bond acceptors (Lipinski definition) is 4. The van der Waals surface area contributed by atoms with E-state index in [0.29, 0.717) is 16.9 Å². The molecule has 13 heteroatoms. The Morgan fingerprint density at radius 3 is 2.05 bits per heavy atom. The smallest absolute Gasteiger partial charge is 0.369 e. The number of alkyl halides is 6. The van der Waals surface area contributed by atoms with Crippen molar-refractivity contribution in [3.63, 3.8) is 0 Å². The summed E-state index contributed by atoms with van der Waals surface area (Å²) in [6.45, 7) is -0.205. The maximum absolute atomic E-state index is 13.5. The molecule has 0 aliphatic carbocycles. The third-order valence-corrected chi connectivity index (χ3v) is 6.52. The minimum Gasteiger partial charge on any atom is -0.369 e. The molecule has 0 aromatic heterocycles. The Balaban J connectivity index is 1.91. The van der Waals surface area contributed by atoms with E-state index in [9.17, 15) is 45.1 Å². The lowest BCUT2D eigenvalue weighted by molar-refractivity contribution is -0.152. The molecule has 0 radical (unpaired) electrons. The maximum atomic E-state index is 13.5. The van der Waals surface area contributed by atoms with Crippen LogP contribution >= 0.6 is 0 Å². The third kappa shape index (κ3) is 8.42. The Morgan fingerprint density at radius 2 is 1.49 bits per heavy atom. The van der Waals surface area contributed by atoms with Crippen molar-refractivity contribution in [3.8, 4) is 0 Å². The number of nitrogens with two attached hydrogens (primary N) is 1. The van der Waals surface area contributed by atoms with Crippen LogP contribution in [-0.4, -0.2) is 42.5 Å². The quantitative estimate of drug-likeness (QED) is 0.423. The predicted octanol–water partition coefficient (Wildman–Crippen LogP) is 4.98. The van der Waals surface area contributed by atoms with Gasteiger partial charge >= 0.3 is 12.4 Å². The van der Waals surface area contributed by atoms with Gasteiger partial charge < -0.3 is 16.0 Å². The van der Waals surface area contributed by atoms with E-state index in [2.05, 4.69) is 5.32 Å². The molecule has 0 spiro atoms. The van der Waals surface area contributed by atoms with E-state index in [4.69, 9.17) is 5.73 Å². The summed E-state index contributed by atoms with van der Waals surface area (Å²) in [7, 11) is 0. The van der Waals surface area contributed by atoms with Gasteiger partial charge in [-0.2, -0.15) is 26.3 Å². The summed E-state index contributed by atoms with van der Waals surface area (Å²) >= 11 is 0. The van der Waals surface area contributed by atoms with Crippen LogP contribution in [0.3, 0.4) is 0 Å². The summed E-state index contributed by atoms with van der Waals surface area (Å²) in [6, 6.07) is 10.7. The van der Waals surface area contributed by atoms with Crippen molar-refractivity contribution in [1.29, 1.82) is 0 Å². The summed E-state index contributed by atoms with van der Waals surface area (Å²) in [5.74, 6) is -7.28. The van der Waals surface area contributed by atoms with Gasteiger partial charge in [0, 0.05) is 42.5 Å². The minimum atomic E-state index is -4.76. The molecule has 1 aliphatic heterocycles. The van der Waals surface area contributed by atoms with Crippen molar-refractivity contribution in [2.45, 2.75) is 50.5 Å². The van der Waals surface area contributed by atoms with Crippen LogP contribution in [-0.2, 0) is 20.8 Å². The van der Waals surface area contributed by atoms with Gasteiger partial charge in [-0.15, -0.1) is 0 Å². The van der Waals surface area contributed by atoms with Crippen molar-refractivity contribution >= 4 is 29.0 Å². The predicted molar refractivity (Wildman–Crippen MR) is 127 cm³/mol. The number of amides is 2. The second kappa shape index (κ2) is 12.0. The fourth-order valence-corrected chi connectivity index (χ4v) is 4.58. The molecule has 2 aromatic carbocycles. The molecule has 0 unspecified atom stereocenters. The number of carbonyl (C=O) groups excluding carboxylic acids is 3. The highest BCUT2D eigenvalue weighted by Gasteiger charge is 2.40. The van der Waals surface area contributed by atoms with Crippen LogP contribution in [0.1, 0.15) is 31.2 Å². The van der Waals surface area contributed by atoms with Gasteiger partial charge in [-0.3, -0.25) is 14.4 Å². The van der Waals surface area contributed by atoms with E-state index in [1.807, 2.05) is 0 Å². The first kappa shape index (κ1) is 29.9. The molecule has 2 amide bonds. The molecule has 212 valence electrons. The van der Waals surface area contributed by atoms with Gasteiger partial charge in [-0.05, 0) is 48.7 Å². The fraction of sp³-hybridized carbons (Fsp3) is 0.423. The van der Waals surface area contributed by atoms with Gasteiger partial charge in [0.2, 0.25) is 11.8 Å². The summed E-state index contributed by atoms with van der Waals surface area (Å²) in [5, 5.41) is 2.36. The first-order valence-corrected chi connectivity index (χ1v) is 12.0. The number of nitrogens with one attached hydrogen (secondary N) is 1. The number of nitrogens with zero attached hydrogens (tertiary/aromatic N) is 1. The Hall–Kier alpha value is -3.64. The van der Waals surface area contributed by atoms with E-state index < -0.39 is 79.3 Å². The molecule has 0 bridgehead atoms. The number of primary amides is 1. The van der Waals surface area contributed by atoms with Crippen LogP contribution in [0.25, 0.3) is 0 Å². The van der Waals surface area contributed by atoms with E-state index in [-0.39, 0.29) is 13.0 Å². The molecule has 0 fully saturated rings. The molecule has 0 saturated heterocycles. The SMILES string of the molecule is NC(=O)[C@@H](CCC(F)(F)F)[C@@H](CCC(F)(F)F)C(=O)N[C@H]1CN(c2ccc(F)cc2)c2ccccc2CC1=O. The van der Waals surface area contributed by atoms with Crippen molar-refractivity contribution in [2.24, 2.45) is 17.6 Å². The molecule has 3 atom stereocenters. The van der Waals surface area contributed by atoms with Gasteiger partial charge in [-0.25, -0.2) is 4.39 Å². The number of Topliss-reactive ketones (excluding diaryl/α,β-unsaturated/α-hetero) is 1. The Kier molecular flexibility index (Phi) is 9.23. The van der Waals surface area contributed by atoms with Gasteiger partial charge in [0.15, 0.2) is 5.78 Å². The van der Waals surface area contributed by atoms with E-state index in [1.54, 1.807) is 29.2 Å². The maximum Gasteiger partial charge on any atom is 0.389 e. The molecule has 2 aromatic rings. The first-order valence-electron chi connectivity index (χ1n) is 12.0. The topological polar surface area (TPSA) is 92.5 Å². The number of rotatable bonds is 9. The number of fused-ring (bicyclic) bond motifs is 1. The number of para-hydroxylation sites is 1. The third-order valence-electron chi connectivity index (χ3n) is 6.52. The molecular weight excluding hydrogens is 535 g/mol. The molecule has 39 heavy (non-hydrogen) atoms. The average molecular weight is 561 g/mol.